The number of nitrogens with one attached hydrogen (secondary N) is 1. The van der Waals surface area contributed by atoms with Crippen molar-refractivity contribution in [2.45, 2.75) is 19.3 Å². The van der Waals surface area contributed by atoms with E-state index in [0.29, 0.717) is 12.8 Å². The number of hydrogen-bond acceptors (Lipinski definition) is 4. The first-order chi connectivity index (χ1) is 11.2. The number of amides is 1. The molecule has 1 aliphatic rings. The third-order valence-corrected chi connectivity index (χ3v) is 4.79. The van der Waals surface area contributed by atoms with E-state index in [2.05, 4.69) is 10.3 Å². The summed E-state index contributed by atoms with van der Waals surface area (Å²) in [6, 6.07) is 6.46. The van der Waals surface area contributed by atoms with Crippen molar-refractivity contribution in [3.63, 3.8) is 0 Å². The summed E-state index contributed by atoms with van der Waals surface area (Å²) in [6.07, 6.45) is 2.03. The molecule has 1 saturated heterocycles. The van der Waals surface area contributed by atoms with Crippen LogP contribution in [0.3, 0.4) is 0 Å². The number of rotatable bonds is 4. The fraction of sp³-hybridized carbons (Fsp3) is 0.412. The van der Waals surface area contributed by atoms with Gasteiger partial charge in [-0.2, -0.15) is 0 Å². The monoisotopic (exact) mass is 333 g/mol. The highest BCUT2D eigenvalue weighted by Crippen LogP contribution is 2.16. The molecule has 0 saturated carbocycles. The van der Waals surface area contributed by atoms with Gasteiger partial charge in [-0.15, -0.1) is 11.3 Å². The van der Waals surface area contributed by atoms with Gasteiger partial charge in [0.15, 0.2) is 0 Å². The maximum atomic E-state index is 12.9. The summed E-state index contributed by atoms with van der Waals surface area (Å²) < 4.78 is 12.9. The summed E-state index contributed by atoms with van der Waals surface area (Å²) in [5, 5.41) is 6.20. The van der Waals surface area contributed by atoms with Crippen LogP contribution in [-0.2, 0) is 17.6 Å². The summed E-state index contributed by atoms with van der Waals surface area (Å²) in [6.45, 7) is 3.42. The van der Waals surface area contributed by atoms with Crippen LogP contribution in [0.2, 0.25) is 0 Å². The van der Waals surface area contributed by atoms with Crippen LogP contribution >= 0.6 is 11.3 Å². The Morgan fingerprint density at radius 3 is 2.91 bits per heavy atom. The number of hydrogen-bond donors (Lipinski definition) is 1. The zero-order chi connectivity index (χ0) is 16.1. The van der Waals surface area contributed by atoms with Gasteiger partial charge in [0.25, 0.3) is 0 Å². The van der Waals surface area contributed by atoms with Gasteiger partial charge in [-0.3, -0.25) is 4.79 Å². The Morgan fingerprint density at radius 2 is 2.09 bits per heavy atom. The lowest BCUT2D eigenvalue weighted by Crippen LogP contribution is -2.35. The van der Waals surface area contributed by atoms with Crippen LogP contribution in [0.1, 0.15) is 22.7 Å². The van der Waals surface area contributed by atoms with Crippen LogP contribution in [0.15, 0.2) is 29.6 Å². The lowest BCUT2D eigenvalue weighted by Gasteiger charge is -2.19. The molecular weight excluding hydrogens is 313 g/mol. The summed E-state index contributed by atoms with van der Waals surface area (Å²) in [4.78, 5) is 18.8. The van der Waals surface area contributed by atoms with Crippen molar-refractivity contribution < 1.29 is 9.18 Å². The SMILES string of the molecule is O=C(Cc1csc(Cc2ccc(F)cc2)n1)N1CCCNCC1. The lowest BCUT2D eigenvalue weighted by atomic mass is 10.1. The first kappa shape index (κ1) is 16.1. The highest BCUT2D eigenvalue weighted by atomic mass is 32.1. The Labute approximate surface area is 139 Å². The van der Waals surface area contributed by atoms with E-state index in [9.17, 15) is 9.18 Å². The third-order valence-electron chi connectivity index (χ3n) is 3.89. The van der Waals surface area contributed by atoms with Crippen molar-refractivity contribution in [2.75, 3.05) is 26.2 Å². The van der Waals surface area contributed by atoms with Crippen molar-refractivity contribution in [1.82, 2.24) is 15.2 Å². The molecule has 0 radical (unpaired) electrons. The van der Waals surface area contributed by atoms with E-state index in [1.807, 2.05) is 10.3 Å². The standard InChI is InChI=1S/C17H20FN3OS/c18-14-4-2-13(3-5-14)10-16-20-15(12-23-16)11-17(22)21-8-1-6-19-7-9-21/h2-5,12,19H,1,6-11H2. The highest BCUT2D eigenvalue weighted by Gasteiger charge is 2.17. The van der Waals surface area contributed by atoms with Crippen LogP contribution in [-0.4, -0.2) is 42.0 Å². The number of aromatic nitrogens is 1. The predicted octanol–water partition coefficient (Wildman–Crippen LogP) is 2.24. The Hall–Kier alpha value is -1.79. The van der Waals surface area contributed by atoms with Crippen LogP contribution in [0.25, 0.3) is 0 Å². The molecule has 1 aromatic carbocycles. The van der Waals surface area contributed by atoms with E-state index in [4.69, 9.17) is 0 Å². The summed E-state index contributed by atoms with van der Waals surface area (Å²) >= 11 is 1.55. The minimum absolute atomic E-state index is 0.146. The van der Waals surface area contributed by atoms with Gasteiger partial charge in [0.05, 0.1) is 17.1 Å². The first-order valence-electron chi connectivity index (χ1n) is 7.87. The molecule has 6 heteroatoms. The van der Waals surface area contributed by atoms with Crippen LogP contribution in [0.5, 0.6) is 0 Å². The van der Waals surface area contributed by atoms with Crippen LogP contribution in [0.4, 0.5) is 4.39 Å². The predicted molar refractivity (Wildman–Crippen MR) is 89.1 cm³/mol. The molecule has 0 aliphatic carbocycles. The minimum Gasteiger partial charge on any atom is -0.341 e. The zero-order valence-corrected chi connectivity index (χ0v) is 13.7. The molecule has 0 unspecified atom stereocenters. The van der Waals surface area contributed by atoms with Crippen molar-refractivity contribution in [1.29, 1.82) is 0 Å². The molecule has 0 atom stereocenters. The number of carbonyl (C=O) groups excluding carboxylic acids is 1. The molecule has 2 heterocycles. The second-order valence-electron chi connectivity index (χ2n) is 5.70. The first-order valence-corrected chi connectivity index (χ1v) is 8.75. The number of halogens is 1. The van der Waals surface area contributed by atoms with Gasteiger partial charge in [0.2, 0.25) is 5.91 Å². The summed E-state index contributed by atoms with van der Waals surface area (Å²) in [5.74, 6) is -0.0848. The van der Waals surface area contributed by atoms with Crippen molar-refractivity contribution in [2.24, 2.45) is 0 Å². The smallest absolute Gasteiger partial charge is 0.228 e. The molecule has 122 valence electrons. The van der Waals surface area contributed by atoms with E-state index in [1.165, 1.54) is 12.1 Å². The maximum absolute atomic E-state index is 12.9. The molecule has 0 spiro atoms. The topological polar surface area (TPSA) is 45.2 Å². The van der Waals surface area contributed by atoms with Gasteiger partial charge in [0.1, 0.15) is 5.82 Å². The zero-order valence-electron chi connectivity index (χ0n) is 12.9. The molecular formula is C17H20FN3OS. The van der Waals surface area contributed by atoms with E-state index in [-0.39, 0.29) is 11.7 Å². The molecule has 2 aromatic rings. The number of thiazole rings is 1. The van der Waals surface area contributed by atoms with Gasteiger partial charge >= 0.3 is 0 Å². The van der Waals surface area contributed by atoms with E-state index in [0.717, 1.165) is 48.9 Å². The molecule has 1 fully saturated rings. The Kier molecular flexibility index (Phi) is 5.35. The lowest BCUT2D eigenvalue weighted by molar-refractivity contribution is -0.130. The van der Waals surface area contributed by atoms with E-state index >= 15 is 0 Å². The van der Waals surface area contributed by atoms with E-state index in [1.54, 1.807) is 23.5 Å². The molecule has 23 heavy (non-hydrogen) atoms. The van der Waals surface area contributed by atoms with Gasteiger partial charge in [-0.1, -0.05) is 12.1 Å². The normalized spacial score (nSPS) is 15.4. The highest BCUT2D eigenvalue weighted by molar-refractivity contribution is 7.09. The second kappa shape index (κ2) is 7.66. The Balaban J connectivity index is 1.58. The van der Waals surface area contributed by atoms with E-state index < -0.39 is 0 Å². The van der Waals surface area contributed by atoms with Gasteiger partial charge < -0.3 is 10.2 Å². The molecule has 4 nitrogen and oxygen atoms in total. The molecule has 3 rings (SSSR count). The second-order valence-corrected chi connectivity index (χ2v) is 6.64. The number of benzene rings is 1. The average molecular weight is 333 g/mol. The Bertz CT molecular complexity index is 648. The van der Waals surface area contributed by atoms with Gasteiger partial charge in [-0.05, 0) is 30.7 Å². The molecule has 1 amide bonds. The maximum Gasteiger partial charge on any atom is 0.228 e. The molecule has 1 aliphatic heterocycles. The number of nitrogens with zero attached hydrogens (tertiary/aromatic N) is 2. The summed E-state index contributed by atoms with van der Waals surface area (Å²) in [5.41, 5.74) is 1.85. The molecule has 0 bridgehead atoms. The van der Waals surface area contributed by atoms with Crippen molar-refractivity contribution in [3.8, 4) is 0 Å². The van der Waals surface area contributed by atoms with Crippen LogP contribution < -0.4 is 5.32 Å². The Morgan fingerprint density at radius 1 is 1.26 bits per heavy atom. The number of carbonyl (C=O) groups is 1. The van der Waals surface area contributed by atoms with Crippen molar-refractivity contribution >= 4 is 17.2 Å². The van der Waals surface area contributed by atoms with Crippen LogP contribution in [0, 0.1) is 5.82 Å². The van der Waals surface area contributed by atoms with Crippen molar-refractivity contribution in [3.05, 3.63) is 51.7 Å². The minimum atomic E-state index is -0.230. The summed E-state index contributed by atoms with van der Waals surface area (Å²) in [7, 11) is 0. The molecule has 1 N–H and O–H groups in total. The largest absolute Gasteiger partial charge is 0.341 e. The molecule has 1 aromatic heterocycles. The van der Waals surface area contributed by atoms with Gasteiger partial charge in [0, 0.05) is 31.4 Å². The fourth-order valence-corrected chi connectivity index (χ4v) is 3.48. The average Bonchev–Trinajstić information content (AvgIpc) is 2.81. The quantitative estimate of drug-likeness (QED) is 0.933. The fourth-order valence-electron chi connectivity index (χ4n) is 2.65. The van der Waals surface area contributed by atoms with Gasteiger partial charge in [-0.25, -0.2) is 9.37 Å². The third kappa shape index (κ3) is 4.59.